The Morgan fingerprint density at radius 2 is 1.77 bits per heavy atom. The fourth-order valence-electron chi connectivity index (χ4n) is 2.85. The van der Waals surface area contributed by atoms with E-state index in [2.05, 4.69) is 0 Å². The van der Waals surface area contributed by atoms with Crippen molar-refractivity contribution in [3.05, 3.63) is 53.2 Å². The third-order valence-electron chi connectivity index (χ3n) is 4.32. The SMILES string of the molecule is CC(=O)c1ccc(N2CCN(C(=O)c3cc(C(=O)O)co3)CC2)c(F)c1. The van der Waals surface area contributed by atoms with Crippen LogP contribution in [-0.4, -0.2) is 53.8 Å². The summed E-state index contributed by atoms with van der Waals surface area (Å²) in [4.78, 5) is 37.9. The summed E-state index contributed by atoms with van der Waals surface area (Å²) in [6.45, 7) is 2.89. The van der Waals surface area contributed by atoms with Crippen molar-refractivity contribution in [1.82, 2.24) is 4.90 Å². The monoisotopic (exact) mass is 360 g/mol. The van der Waals surface area contributed by atoms with Crippen LogP contribution in [0.25, 0.3) is 0 Å². The first-order valence-corrected chi connectivity index (χ1v) is 8.03. The predicted octanol–water partition coefficient (Wildman–Crippen LogP) is 2.28. The number of carboxylic acids is 1. The number of halogens is 1. The van der Waals surface area contributed by atoms with E-state index < -0.39 is 17.7 Å². The molecule has 2 aromatic rings. The molecule has 1 aromatic heterocycles. The number of carbonyl (C=O) groups excluding carboxylic acids is 2. The third kappa shape index (κ3) is 3.44. The molecule has 1 saturated heterocycles. The molecule has 1 aromatic carbocycles. The molecule has 7 nitrogen and oxygen atoms in total. The van der Waals surface area contributed by atoms with E-state index in [1.807, 2.05) is 0 Å². The number of hydrogen-bond acceptors (Lipinski definition) is 5. The number of carbonyl (C=O) groups is 3. The number of aromatic carboxylic acids is 1. The molecular weight excluding hydrogens is 343 g/mol. The third-order valence-corrected chi connectivity index (χ3v) is 4.32. The van der Waals surface area contributed by atoms with Crippen molar-refractivity contribution in [2.45, 2.75) is 6.92 Å². The van der Waals surface area contributed by atoms with Gasteiger partial charge in [0, 0.05) is 37.8 Å². The summed E-state index contributed by atoms with van der Waals surface area (Å²) in [5.41, 5.74) is 0.611. The lowest BCUT2D eigenvalue weighted by molar-refractivity contribution is 0.0692. The maximum atomic E-state index is 14.2. The van der Waals surface area contributed by atoms with Gasteiger partial charge in [-0.1, -0.05) is 0 Å². The van der Waals surface area contributed by atoms with Crippen LogP contribution in [0.5, 0.6) is 0 Å². The Balaban J connectivity index is 1.66. The van der Waals surface area contributed by atoms with Crippen molar-refractivity contribution >= 4 is 23.3 Å². The van der Waals surface area contributed by atoms with Gasteiger partial charge in [-0.05, 0) is 25.1 Å². The molecule has 1 N–H and O–H groups in total. The van der Waals surface area contributed by atoms with Crippen LogP contribution in [-0.2, 0) is 0 Å². The number of ketones is 1. The van der Waals surface area contributed by atoms with E-state index in [4.69, 9.17) is 9.52 Å². The van der Waals surface area contributed by atoms with Gasteiger partial charge in [-0.15, -0.1) is 0 Å². The molecule has 0 atom stereocenters. The lowest BCUT2D eigenvalue weighted by Crippen LogP contribution is -2.49. The molecule has 1 amide bonds. The zero-order valence-electron chi connectivity index (χ0n) is 14.1. The summed E-state index contributed by atoms with van der Waals surface area (Å²) in [6, 6.07) is 5.55. The van der Waals surface area contributed by atoms with E-state index in [9.17, 15) is 18.8 Å². The Kier molecular flexibility index (Phi) is 4.75. The highest BCUT2D eigenvalue weighted by Crippen LogP contribution is 2.23. The van der Waals surface area contributed by atoms with Crippen LogP contribution in [0.1, 0.15) is 38.2 Å². The highest BCUT2D eigenvalue weighted by Gasteiger charge is 2.26. The summed E-state index contributed by atoms with van der Waals surface area (Å²) >= 11 is 0. The lowest BCUT2D eigenvalue weighted by Gasteiger charge is -2.35. The minimum absolute atomic E-state index is 0.0344. The highest BCUT2D eigenvalue weighted by molar-refractivity contribution is 5.96. The van der Waals surface area contributed by atoms with E-state index in [0.717, 1.165) is 6.26 Å². The number of anilines is 1. The Morgan fingerprint density at radius 1 is 1.08 bits per heavy atom. The molecule has 0 bridgehead atoms. The Labute approximate surface area is 148 Å². The van der Waals surface area contributed by atoms with Gasteiger partial charge in [0.05, 0.1) is 11.3 Å². The molecule has 1 aliphatic rings. The first-order valence-electron chi connectivity index (χ1n) is 8.03. The fourth-order valence-corrected chi connectivity index (χ4v) is 2.85. The fraction of sp³-hybridized carbons (Fsp3) is 0.278. The zero-order valence-corrected chi connectivity index (χ0v) is 14.1. The number of piperazine rings is 1. The maximum absolute atomic E-state index is 14.2. The normalized spacial score (nSPS) is 14.4. The van der Waals surface area contributed by atoms with E-state index in [0.29, 0.717) is 37.4 Å². The molecule has 0 unspecified atom stereocenters. The maximum Gasteiger partial charge on any atom is 0.338 e. The molecule has 26 heavy (non-hydrogen) atoms. The van der Waals surface area contributed by atoms with E-state index in [-0.39, 0.29) is 17.1 Å². The molecule has 2 heterocycles. The van der Waals surface area contributed by atoms with Gasteiger partial charge in [-0.3, -0.25) is 9.59 Å². The molecule has 0 spiro atoms. The van der Waals surface area contributed by atoms with Crippen LogP contribution in [0.15, 0.2) is 34.9 Å². The molecule has 3 rings (SSSR count). The largest absolute Gasteiger partial charge is 0.478 e. The second-order valence-corrected chi connectivity index (χ2v) is 6.01. The summed E-state index contributed by atoms with van der Waals surface area (Å²) in [5, 5.41) is 8.88. The summed E-state index contributed by atoms with van der Waals surface area (Å²) in [6.07, 6.45) is 1.03. The van der Waals surface area contributed by atoms with Gasteiger partial charge in [0.1, 0.15) is 12.1 Å². The minimum Gasteiger partial charge on any atom is -0.478 e. The number of rotatable bonds is 4. The van der Waals surface area contributed by atoms with Crippen molar-refractivity contribution in [2.75, 3.05) is 31.1 Å². The molecule has 1 fully saturated rings. The molecule has 0 saturated carbocycles. The highest BCUT2D eigenvalue weighted by atomic mass is 19.1. The van der Waals surface area contributed by atoms with Crippen LogP contribution < -0.4 is 4.90 Å². The van der Waals surface area contributed by atoms with Crippen molar-refractivity contribution in [3.8, 4) is 0 Å². The van der Waals surface area contributed by atoms with Gasteiger partial charge < -0.3 is 19.3 Å². The predicted molar refractivity (Wildman–Crippen MR) is 90.2 cm³/mol. The Bertz CT molecular complexity index is 868. The van der Waals surface area contributed by atoms with Gasteiger partial charge >= 0.3 is 5.97 Å². The first-order chi connectivity index (χ1) is 12.4. The van der Waals surface area contributed by atoms with E-state index in [1.54, 1.807) is 17.0 Å². The lowest BCUT2D eigenvalue weighted by atomic mass is 10.1. The second kappa shape index (κ2) is 6.99. The summed E-state index contributed by atoms with van der Waals surface area (Å²) in [5.74, 6) is -2.28. The molecule has 0 radical (unpaired) electrons. The molecular formula is C18H17FN2O5. The van der Waals surface area contributed by atoms with Gasteiger partial charge in [-0.2, -0.15) is 0 Å². The van der Waals surface area contributed by atoms with E-state index >= 15 is 0 Å². The average Bonchev–Trinajstić information content (AvgIpc) is 3.11. The zero-order chi connectivity index (χ0) is 18.8. The molecule has 1 aliphatic heterocycles. The van der Waals surface area contributed by atoms with Crippen LogP contribution in [0.2, 0.25) is 0 Å². The number of Topliss-reactive ketones (excluding diaryl/α,β-unsaturated/α-hetero) is 1. The van der Waals surface area contributed by atoms with Gasteiger partial charge in [0.25, 0.3) is 5.91 Å². The Hall–Kier alpha value is -3.16. The van der Waals surface area contributed by atoms with Crippen LogP contribution >= 0.6 is 0 Å². The second-order valence-electron chi connectivity index (χ2n) is 6.01. The van der Waals surface area contributed by atoms with Crippen LogP contribution in [0.3, 0.4) is 0 Å². The van der Waals surface area contributed by atoms with Crippen molar-refractivity contribution in [2.24, 2.45) is 0 Å². The van der Waals surface area contributed by atoms with Crippen molar-refractivity contribution in [3.63, 3.8) is 0 Å². The minimum atomic E-state index is -1.16. The van der Waals surface area contributed by atoms with Gasteiger partial charge in [-0.25, -0.2) is 9.18 Å². The van der Waals surface area contributed by atoms with Gasteiger partial charge in [0.2, 0.25) is 0 Å². The first kappa shape index (κ1) is 17.7. The van der Waals surface area contributed by atoms with Crippen molar-refractivity contribution < 1.29 is 28.3 Å². The topological polar surface area (TPSA) is 91.1 Å². The number of carboxylic acid groups (broad SMARTS) is 1. The molecule has 8 heteroatoms. The summed E-state index contributed by atoms with van der Waals surface area (Å²) in [7, 11) is 0. The van der Waals surface area contributed by atoms with Crippen molar-refractivity contribution in [1.29, 1.82) is 0 Å². The van der Waals surface area contributed by atoms with Gasteiger partial charge in [0.15, 0.2) is 11.5 Å². The smallest absolute Gasteiger partial charge is 0.338 e. The number of nitrogens with zero attached hydrogens (tertiary/aromatic N) is 2. The number of furan rings is 1. The number of amides is 1. The van der Waals surface area contributed by atoms with Crippen LogP contribution in [0, 0.1) is 5.82 Å². The number of hydrogen-bond donors (Lipinski definition) is 1. The summed E-state index contributed by atoms with van der Waals surface area (Å²) < 4.78 is 19.3. The van der Waals surface area contributed by atoms with E-state index in [1.165, 1.54) is 24.0 Å². The molecule has 0 aliphatic carbocycles. The standard InChI is InChI=1S/C18H17FN2O5/c1-11(22)12-2-3-15(14(19)8-12)20-4-6-21(7-5-20)17(23)16-9-13(10-26-16)18(24)25/h2-3,8-10H,4-7H2,1H3,(H,24,25). The quantitative estimate of drug-likeness (QED) is 0.841. The van der Waals surface area contributed by atoms with Crippen LogP contribution in [0.4, 0.5) is 10.1 Å². The number of benzene rings is 1. The average molecular weight is 360 g/mol. The molecule has 136 valence electrons. The Morgan fingerprint density at radius 3 is 2.31 bits per heavy atom.